The largest absolute Gasteiger partial charge is 0.347 e. The van der Waals surface area contributed by atoms with Gasteiger partial charge in [-0.25, -0.2) is 9.18 Å². The molecule has 1 saturated heterocycles. The summed E-state index contributed by atoms with van der Waals surface area (Å²) in [6, 6.07) is 4.93. The number of benzene rings is 1. The first-order chi connectivity index (χ1) is 9.47. The standard InChI is InChI=1S/C14H18FN3O2/c1-8(2)12(9-3-5-10(15)6-4-9)18-13(19)11-7-16-14(20)17-11/h3-6,8,11-12H,7H2,1-2H3,(H,18,19)(H2,16,17,20)/t11-,12+/m1/s1. The van der Waals surface area contributed by atoms with Crippen molar-refractivity contribution in [1.29, 1.82) is 0 Å². The smallest absolute Gasteiger partial charge is 0.315 e. The second-order valence-electron chi connectivity index (χ2n) is 5.19. The highest BCUT2D eigenvalue weighted by Crippen LogP contribution is 2.22. The third-order valence-corrected chi connectivity index (χ3v) is 3.28. The van der Waals surface area contributed by atoms with Crippen molar-refractivity contribution in [3.63, 3.8) is 0 Å². The molecule has 2 atom stereocenters. The summed E-state index contributed by atoms with van der Waals surface area (Å²) in [5.41, 5.74) is 0.840. The molecule has 3 amide bonds. The summed E-state index contributed by atoms with van der Waals surface area (Å²) in [6.45, 7) is 4.22. The minimum Gasteiger partial charge on any atom is -0.347 e. The maximum atomic E-state index is 13.0. The van der Waals surface area contributed by atoms with Crippen LogP contribution in [0, 0.1) is 11.7 Å². The lowest BCUT2D eigenvalue weighted by Crippen LogP contribution is -2.45. The molecule has 1 aromatic carbocycles. The van der Waals surface area contributed by atoms with Crippen molar-refractivity contribution in [2.75, 3.05) is 6.54 Å². The number of hydrogen-bond acceptors (Lipinski definition) is 2. The summed E-state index contributed by atoms with van der Waals surface area (Å²) >= 11 is 0. The molecule has 20 heavy (non-hydrogen) atoms. The lowest BCUT2D eigenvalue weighted by atomic mass is 9.95. The number of carbonyl (C=O) groups excluding carboxylic acids is 2. The summed E-state index contributed by atoms with van der Waals surface area (Å²) in [6.07, 6.45) is 0. The second-order valence-corrected chi connectivity index (χ2v) is 5.19. The normalized spacial score (nSPS) is 19.4. The Morgan fingerprint density at radius 2 is 2.00 bits per heavy atom. The van der Waals surface area contributed by atoms with Crippen molar-refractivity contribution >= 4 is 11.9 Å². The van der Waals surface area contributed by atoms with Gasteiger partial charge in [-0.05, 0) is 23.6 Å². The molecule has 3 N–H and O–H groups in total. The number of carbonyl (C=O) groups is 2. The van der Waals surface area contributed by atoms with Crippen LogP contribution >= 0.6 is 0 Å². The average molecular weight is 279 g/mol. The highest BCUT2D eigenvalue weighted by Gasteiger charge is 2.29. The zero-order valence-corrected chi connectivity index (χ0v) is 11.4. The first-order valence-electron chi connectivity index (χ1n) is 6.57. The highest BCUT2D eigenvalue weighted by atomic mass is 19.1. The van der Waals surface area contributed by atoms with E-state index < -0.39 is 6.04 Å². The van der Waals surface area contributed by atoms with Crippen molar-refractivity contribution < 1.29 is 14.0 Å². The van der Waals surface area contributed by atoms with Gasteiger partial charge in [-0.15, -0.1) is 0 Å². The molecule has 0 saturated carbocycles. The fraction of sp³-hybridized carbons (Fsp3) is 0.429. The number of amides is 3. The highest BCUT2D eigenvalue weighted by molar-refractivity contribution is 5.90. The van der Waals surface area contributed by atoms with E-state index in [1.54, 1.807) is 12.1 Å². The van der Waals surface area contributed by atoms with E-state index in [1.807, 2.05) is 13.8 Å². The fourth-order valence-electron chi connectivity index (χ4n) is 2.17. The second kappa shape index (κ2) is 5.90. The van der Waals surface area contributed by atoms with E-state index in [9.17, 15) is 14.0 Å². The van der Waals surface area contributed by atoms with Gasteiger partial charge in [0, 0.05) is 6.54 Å². The van der Waals surface area contributed by atoms with Gasteiger partial charge in [0.05, 0.1) is 6.04 Å². The Hall–Kier alpha value is -2.11. The molecule has 0 aliphatic carbocycles. The minimum atomic E-state index is -0.566. The average Bonchev–Trinajstić information content (AvgIpc) is 2.83. The van der Waals surface area contributed by atoms with E-state index in [4.69, 9.17) is 0 Å². The molecule has 1 aliphatic rings. The molecule has 1 heterocycles. The zero-order chi connectivity index (χ0) is 14.7. The molecule has 6 heteroatoms. The summed E-state index contributed by atoms with van der Waals surface area (Å²) in [5.74, 6) is -0.407. The predicted molar refractivity (Wildman–Crippen MR) is 72.4 cm³/mol. The van der Waals surface area contributed by atoms with Crippen molar-refractivity contribution in [2.45, 2.75) is 25.9 Å². The van der Waals surface area contributed by atoms with Gasteiger partial charge < -0.3 is 16.0 Å². The number of rotatable bonds is 4. The Kier molecular flexibility index (Phi) is 4.22. The van der Waals surface area contributed by atoms with Crippen molar-refractivity contribution in [1.82, 2.24) is 16.0 Å². The number of urea groups is 1. The molecular weight excluding hydrogens is 261 g/mol. The molecular formula is C14H18FN3O2. The van der Waals surface area contributed by atoms with Crippen LogP contribution in [-0.4, -0.2) is 24.5 Å². The Bertz CT molecular complexity index is 502. The van der Waals surface area contributed by atoms with Gasteiger partial charge in [0.15, 0.2) is 0 Å². The maximum absolute atomic E-state index is 13.0. The number of nitrogens with one attached hydrogen (secondary N) is 3. The molecule has 0 spiro atoms. The molecule has 0 unspecified atom stereocenters. The summed E-state index contributed by atoms with van der Waals surface area (Å²) in [4.78, 5) is 23.1. The molecule has 1 aliphatic heterocycles. The van der Waals surface area contributed by atoms with Gasteiger partial charge in [-0.1, -0.05) is 26.0 Å². The SMILES string of the molecule is CC(C)[C@H](NC(=O)[C@H]1CNC(=O)N1)c1ccc(F)cc1. The predicted octanol–water partition coefficient (Wildman–Crippen LogP) is 1.32. The van der Waals surface area contributed by atoms with Crippen molar-refractivity contribution in [2.24, 2.45) is 5.92 Å². The molecule has 0 bridgehead atoms. The first-order valence-corrected chi connectivity index (χ1v) is 6.57. The third-order valence-electron chi connectivity index (χ3n) is 3.28. The Labute approximate surface area is 116 Å². The van der Waals surface area contributed by atoms with Gasteiger partial charge in [0.2, 0.25) is 5.91 Å². The van der Waals surface area contributed by atoms with Gasteiger partial charge in [-0.3, -0.25) is 4.79 Å². The van der Waals surface area contributed by atoms with Crippen LogP contribution in [0.25, 0.3) is 0 Å². The minimum absolute atomic E-state index is 0.148. The summed E-state index contributed by atoms with van der Waals surface area (Å²) in [5, 5.41) is 7.97. The fourth-order valence-corrected chi connectivity index (χ4v) is 2.17. The van der Waals surface area contributed by atoms with E-state index in [-0.39, 0.29) is 36.3 Å². The Balaban J connectivity index is 2.08. The number of halogens is 1. The molecule has 5 nitrogen and oxygen atoms in total. The van der Waals surface area contributed by atoms with E-state index in [2.05, 4.69) is 16.0 Å². The van der Waals surface area contributed by atoms with Crippen LogP contribution in [-0.2, 0) is 4.79 Å². The zero-order valence-electron chi connectivity index (χ0n) is 11.4. The quantitative estimate of drug-likeness (QED) is 0.778. The van der Waals surface area contributed by atoms with Crippen LogP contribution in [0.4, 0.5) is 9.18 Å². The Morgan fingerprint density at radius 3 is 2.50 bits per heavy atom. The van der Waals surface area contributed by atoms with Crippen molar-refractivity contribution in [3.8, 4) is 0 Å². The van der Waals surface area contributed by atoms with Gasteiger partial charge >= 0.3 is 6.03 Å². The number of hydrogen-bond donors (Lipinski definition) is 3. The van der Waals surface area contributed by atoms with Crippen LogP contribution < -0.4 is 16.0 Å². The lowest BCUT2D eigenvalue weighted by Gasteiger charge is -2.24. The van der Waals surface area contributed by atoms with Crippen LogP contribution in [0.2, 0.25) is 0 Å². The monoisotopic (exact) mass is 279 g/mol. The van der Waals surface area contributed by atoms with Crippen LogP contribution in [0.3, 0.4) is 0 Å². The van der Waals surface area contributed by atoms with Crippen molar-refractivity contribution in [3.05, 3.63) is 35.6 Å². The first kappa shape index (κ1) is 14.3. The van der Waals surface area contributed by atoms with Gasteiger partial charge in [-0.2, -0.15) is 0 Å². The summed E-state index contributed by atoms with van der Waals surface area (Å²) < 4.78 is 13.0. The molecule has 108 valence electrons. The van der Waals surface area contributed by atoms with Crippen LogP contribution in [0.15, 0.2) is 24.3 Å². The third kappa shape index (κ3) is 3.26. The van der Waals surface area contributed by atoms with E-state index in [1.165, 1.54) is 12.1 Å². The molecule has 0 aromatic heterocycles. The molecule has 0 radical (unpaired) electrons. The van der Waals surface area contributed by atoms with Gasteiger partial charge in [0.25, 0.3) is 0 Å². The maximum Gasteiger partial charge on any atom is 0.315 e. The lowest BCUT2D eigenvalue weighted by molar-refractivity contribution is -0.123. The van der Waals surface area contributed by atoms with Crippen LogP contribution in [0.5, 0.6) is 0 Å². The molecule has 1 aromatic rings. The Morgan fingerprint density at radius 1 is 1.35 bits per heavy atom. The van der Waals surface area contributed by atoms with E-state index >= 15 is 0 Å². The molecule has 2 rings (SSSR count). The topological polar surface area (TPSA) is 70.2 Å². The van der Waals surface area contributed by atoms with Crippen LogP contribution in [0.1, 0.15) is 25.5 Å². The van der Waals surface area contributed by atoms with E-state index in [0.717, 1.165) is 5.56 Å². The summed E-state index contributed by atoms with van der Waals surface area (Å²) in [7, 11) is 0. The van der Waals surface area contributed by atoms with E-state index in [0.29, 0.717) is 0 Å². The van der Waals surface area contributed by atoms with Gasteiger partial charge in [0.1, 0.15) is 11.9 Å². The molecule has 1 fully saturated rings.